The van der Waals surface area contributed by atoms with Gasteiger partial charge in [-0.25, -0.2) is 13.2 Å². The van der Waals surface area contributed by atoms with Gasteiger partial charge in [-0.3, -0.25) is 5.73 Å². The van der Waals surface area contributed by atoms with Crippen LogP contribution in [0.4, 0.5) is 4.79 Å². The minimum Gasteiger partial charge on any atom is -0.497 e. The molecule has 1 amide bonds. The van der Waals surface area contributed by atoms with E-state index in [0.717, 1.165) is 5.56 Å². The average molecular weight is 579 g/mol. The summed E-state index contributed by atoms with van der Waals surface area (Å²) in [4.78, 5) is 12.9. The summed E-state index contributed by atoms with van der Waals surface area (Å²) in [6.07, 6.45) is -2.95. The molecule has 0 saturated carbocycles. The van der Waals surface area contributed by atoms with Crippen molar-refractivity contribution in [2.24, 2.45) is 17.6 Å². The number of alkyl carbamates (subject to hydrolysis) is 1. The van der Waals surface area contributed by atoms with E-state index in [0.29, 0.717) is 18.8 Å². The number of nitrogens with one attached hydrogen (secondary N) is 1. The van der Waals surface area contributed by atoms with E-state index in [9.17, 15) is 18.3 Å². The molecular formula is C28H38N2O9S. The van der Waals surface area contributed by atoms with E-state index in [1.54, 1.807) is 24.3 Å². The van der Waals surface area contributed by atoms with Gasteiger partial charge in [0, 0.05) is 0 Å². The fraction of sp³-hybridized carbons (Fsp3) is 0.536. The quantitative estimate of drug-likeness (QED) is 0.319. The summed E-state index contributed by atoms with van der Waals surface area (Å²) in [5.74, 6) is 0.250. The molecule has 220 valence electrons. The number of hydrogen-bond acceptors (Lipinski definition) is 10. The number of hydrogen-bond donors (Lipinski definition) is 3. The van der Waals surface area contributed by atoms with Gasteiger partial charge in [-0.2, -0.15) is 0 Å². The van der Waals surface area contributed by atoms with Crippen LogP contribution in [0.15, 0.2) is 59.5 Å². The predicted molar refractivity (Wildman–Crippen MR) is 145 cm³/mol. The van der Waals surface area contributed by atoms with E-state index in [-0.39, 0.29) is 36.4 Å². The van der Waals surface area contributed by atoms with Gasteiger partial charge in [0.15, 0.2) is 6.29 Å². The van der Waals surface area contributed by atoms with Crippen LogP contribution in [0, 0.1) is 11.8 Å². The molecule has 0 radical (unpaired) electrons. The van der Waals surface area contributed by atoms with Gasteiger partial charge in [-0.05, 0) is 48.6 Å². The Bertz CT molecular complexity index is 1230. The first-order valence-corrected chi connectivity index (χ1v) is 14.8. The summed E-state index contributed by atoms with van der Waals surface area (Å²) in [6, 6.07) is 13.4. The third-order valence-corrected chi connectivity index (χ3v) is 9.16. The van der Waals surface area contributed by atoms with Crippen molar-refractivity contribution >= 4 is 15.9 Å². The SMILES string of the molecule is COc1ccc(S(=O)(=O)C(N)(OCC(C)C)[C@H](O)[C@H](Cc2ccccc2)NC(=O)O[C@H]2CO[C@H]3OCC[C@H]32)cc1. The highest BCUT2D eigenvalue weighted by Crippen LogP contribution is 2.34. The third-order valence-electron chi connectivity index (χ3n) is 7.07. The molecule has 4 N–H and O–H groups in total. The van der Waals surface area contributed by atoms with Gasteiger partial charge < -0.3 is 34.1 Å². The number of benzene rings is 2. The molecule has 0 aromatic heterocycles. The summed E-state index contributed by atoms with van der Waals surface area (Å²) < 4.78 is 55.5. The molecule has 2 aliphatic rings. The summed E-state index contributed by atoms with van der Waals surface area (Å²) in [5, 5.41) is 11.7. The van der Waals surface area contributed by atoms with Gasteiger partial charge in [-0.1, -0.05) is 44.2 Å². The van der Waals surface area contributed by atoms with Crippen LogP contribution in [-0.4, -0.2) is 76.1 Å². The Balaban J connectivity index is 1.63. The Morgan fingerprint density at radius 1 is 1.15 bits per heavy atom. The van der Waals surface area contributed by atoms with Gasteiger partial charge in [0.2, 0.25) is 9.84 Å². The topological polar surface area (TPSA) is 156 Å². The summed E-state index contributed by atoms with van der Waals surface area (Å²) >= 11 is 0. The van der Waals surface area contributed by atoms with E-state index < -0.39 is 45.5 Å². The largest absolute Gasteiger partial charge is 0.497 e. The van der Waals surface area contributed by atoms with Crippen LogP contribution in [0.2, 0.25) is 0 Å². The number of ether oxygens (including phenoxy) is 5. The van der Waals surface area contributed by atoms with Crippen LogP contribution in [-0.2, 0) is 35.2 Å². The highest BCUT2D eigenvalue weighted by atomic mass is 32.2. The number of carbonyl (C=O) groups excluding carboxylic acids is 1. The molecule has 2 fully saturated rings. The molecule has 0 aliphatic carbocycles. The number of rotatable bonds is 12. The van der Waals surface area contributed by atoms with Crippen molar-refractivity contribution in [2.45, 2.75) is 61.2 Å². The normalized spacial score (nSPS) is 23.7. The van der Waals surface area contributed by atoms with E-state index >= 15 is 0 Å². The fourth-order valence-electron chi connectivity index (χ4n) is 4.82. The molecule has 1 unspecified atom stereocenters. The van der Waals surface area contributed by atoms with Crippen LogP contribution in [0.25, 0.3) is 0 Å². The number of nitrogens with two attached hydrogens (primary N) is 1. The molecule has 12 heteroatoms. The molecule has 2 heterocycles. The molecule has 6 atom stereocenters. The van der Waals surface area contributed by atoms with Crippen molar-refractivity contribution in [1.82, 2.24) is 5.32 Å². The molecule has 2 aliphatic heterocycles. The second kappa shape index (κ2) is 12.8. The number of methoxy groups -OCH3 is 1. The standard InChI is InChI=1S/C28H38N2O9S/c1-18(2)16-38-28(29,40(33,34)21-11-9-20(35-3)10-12-21)25(31)23(15-19-7-5-4-6-8-19)30-27(32)39-24-17-37-26-22(24)13-14-36-26/h4-12,18,22-26,31H,13-17,29H2,1-3H3,(H,30,32)/t22-,23-,24-,25+,26+,28?/m0/s1. The lowest BCUT2D eigenvalue weighted by molar-refractivity contribution is -0.0908. The number of aliphatic hydroxyl groups is 1. The monoisotopic (exact) mass is 578 g/mol. The zero-order chi connectivity index (χ0) is 28.9. The van der Waals surface area contributed by atoms with Gasteiger partial charge >= 0.3 is 6.09 Å². The van der Waals surface area contributed by atoms with Crippen molar-refractivity contribution in [1.29, 1.82) is 0 Å². The number of fused-ring (bicyclic) bond motifs is 1. The van der Waals surface area contributed by atoms with Gasteiger partial charge in [0.05, 0.1) is 43.8 Å². The van der Waals surface area contributed by atoms with Crippen LogP contribution in [0.1, 0.15) is 25.8 Å². The van der Waals surface area contributed by atoms with Crippen LogP contribution >= 0.6 is 0 Å². The molecule has 4 rings (SSSR count). The van der Waals surface area contributed by atoms with Crippen molar-refractivity contribution < 1.29 is 42.0 Å². The van der Waals surface area contributed by atoms with Crippen LogP contribution in [0.3, 0.4) is 0 Å². The number of sulfone groups is 1. The molecule has 2 saturated heterocycles. The van der Waals surface area contributed by atoms with E-state index in [4.69, 9.17) is 29.4 Å². The molecule has 0 bridgehead atoms. The van der Waals surface area contributed by atoms with Gasteiger partial charge in [-0.15, -0.1) is 0 Å². The number of amides is 1. The highest BCUT2D eigenvalue weighted by Gasteiger charge is 2.52. The molecule has 40 heavy (non-hydrogen) atoms. The molecule has 0 spiro atoms. The first kappa shape index (κ1) is 30.2. The maximum atomic E-state index is 13.9. The summed E-state index contributed by atoms with van der Waals surface area (Å²) in [6.45, 7) is 4.28. The van der Waals surface area contributed by atoms with Crippen LogP contribution in [0.5, 0.6) is 5.75 Å². The van der Waals surface area contributed by atoms with Crippen molar-refractivity contribution in [3.05, 3.63) is 60.2 Å². The average Bonchev–Trinajstić information content (AvgIpc) is 3.56. The Hall–Kier alpha value is -2.74. The lowest BCUT2D eigenvalue weighted by atomic mass is 10.00. The van der Waals surface area contributed by atoms with Crippen molar-refractivity contribution in [3.8, 4) is 5.75 Å². The second-order valence-electron chi connectivity index (χ2n) is 10.5. The Kier molecular flexibility index (Phi) is 9.70. The Labute approximate surface area is 234 Å². The predicted octanol–water partition coefficient (Wildman–Crippen LogP) is 2.21. The first-order chi connectivity index (χ1) is 19.0. The van der Waals surface area contributed by atoms with Crippen molar-refractivity contribution in [3.63, 3.8) is 0 Å². The summed E-state index contributed by atoms with van der Waals surface area (Å²) in [5.41, 5.74) is 7.24. The molecular weight excluding hydrogens is 540 g/mol. The van der Waals surface area contributed by atoms with Gasteiger partial charge in [0.1, 0.15) is 18.0 Å². The fourth-order valence-corrected chi connectivity index (χ4v) is 6.39. The lowest BCUT2D eigenvalue weighted by Gasteiger charge is -2.38. The second-order valence-corrected chi connectivity index (χ2v) is 12.6. The maximum absolute atomic E-state index is 13.9. The van der Waals surface area contributed by atoms with Gasteiger partial charge in [0.25, 0.3) is 5.06 Å². The number of carbonyl (C=O) groups is 1. The Morgan fingerprint density at radius 2 is 1.85 bits per heavy atom. The van der Waals surface area contributed by atoms with E-state index in [1.165, 1.54) is 31.4 Å². The van der Waals surface area contributed by atoms with E-state index in [1.807, 2.05) is 19.9 Å². The first-order valence-electron chi connectivity index (χ1n) is 13.3. The number of aliphatic hydroxyl groups excluding tert-OH is 1. The zero-order valence-corrected chi connectivity index (χ0v) is 23.7. The Morgan fingerprint density at radius 3 is 2.50 bits per heavy atom. The minimum absolute atomic E-state index is 0.0511. The third kappa shape index (κ3) is 6.59. The maximum Gasteiger partial charge on any atom is 0.407 e. The van der Waals surface area contributed by atoms with Crippen molar-refractivity contribution in [2.75, 3.05) is 26.9 Å². The van der Waals surface area contributed by atoms with E-state index in [2.05, 4.69) is 5.32 Å². The smallest absolute Gasteiger partial charge is 0.407 e. The minimum atomic E-state index is -4.51. The molecule has 2 aromatic rings. The highest BCUT2D eigenvalue weighted by molar-refractivity contribution is 7.92. The molecule has 11 nitrogen and oxygen atoms in total. The zero-order valence-electron chi connectivity index (χ0n) is 22.9. The van der Waals surface area contributed by atoms with Crippen LogP contribution < -0.4 is 15.8 Å². The lowest BCUT2D eigenvalue weighted by Crippen LogP contribution is -2.66. The molecule has 2 aromatic carbocycles. The summed E-state index contributed by atoms with van der Waals surface area (Å²) in [7, 11) is -3.05.